The van der Waals surface area contributed by atoms with Crippen molar-refractivity contribution in [2.75, 3.05) is 54.5 Å². The standard InChI is InChI=1S/C37H44N8O3/c1-24-18-42(29-22-48-23-29)9-11-44(24)27-5-6-34(39-17-27)40-32-14-26(19-41(4)36(32)47)30-7-8-38-35(31(30)21-46)43-10-12-45-28(20-43)13-25-15-37(2,3)16-33(25)45/h5-8,13-14,17,19,21,24,29H,9-12,15-16,18,20,22-23H2,1-4H3,(H,39,40)/t24-/m0/s1. The van der Waals surface area contributed by atoms with Crippen LogP contribution in [0.25, 0.3) is 11.1 Å². The van der Waals surface area contributed by atoms with Crippen molar-refractivity contribution < 1.29 is 9.53 Å². The molecule has 4 aromatic rings. The number of anilines is 4. The fourth-order valence-corrected chi connectivity index (χ4v) is 8.12. The third kappa shape index (κ3) is 5.48. The molecule has 2 fully saturated rings. The number of aryl methyl sites for hydroxylation is 1. The van der Waals surface area contributed by atoms with Crippen molar-refractivity contribution in [3.05, 3.63) is 81.8 Å². The van der Waals surface area contributed by atoms with Crippen LogP contribution in [0.4, 0.5) is 23.0 Å². The Bertz CT molecular complexity index is 1930. The van der Waals surface area contributed by atoms with Gasteiger partial charge in [0.2, 0.25) is 0 Å². The van der Waals surface area contributed by atoms with Gasteiger partial charge in [-0.15, -0.1) is 0 Å². The van der Waals surface area contributed by atoms with E-state index in [0.29, 0.717) is 46.9 Å². The number of fused-ring (bicyclic) bond motifs is 3. The van der Waals surface area contributed by atoms with E-state index in [2.05, 4.69) is 62.5 Å². The van der Waals surface area contributed by atoms with E-state index in [0.717, 1.165) is 81.9 Å². The number of piperazine rings is 1. The number of aldehydes is 1. The van der Waals surface area contributed by atoms with Gasteiger partial charge in [0.15, 0.2) is 6.29 Å². The highest BCUT2D eigenvalue weighted by molar-refractivity contribution is 5.93. The lowest BCUT2D eigenvalue weighted by Crippen LogP contribution is -2.59. The quantitative estimate of drug-likeness (QED) is 0.295. The van der Waals surface area contributed by atoms with Crippen molar-refractivity contribution >= 4 is 29.3 Å². The highest BCUT2D eigenvalue weighted by atomic mass is 16.5. The SMILES string of the molecule is C[C@H]1CN(C2COC2)CCN1c1ccc(Nc2cc(-c3ccnc(N4CCn5c(cc6c5CC(C)(C)C6)C4)c3C=O)cn(C)c2=O)nc1. The van der Waals surface area contributed by atoms with E-state index < -0.39 is 0 Å². The second-order valence-electron chi connectivity index (χ2n) is 14.7. The molecule has 2 saturated heterocycles. The molecular formula is C37H44N8O3. The Morgan fingerprint density at radius 2 is 1.90 bits per heavy atom. The molecule has 0 unspecified atom stereocenters. The van der Waals surface area contributed by atoms with Gasteiger partial charge in [-0.05, 0) is 66.6 Å². The number of pyridine rings is 3. The van der Waals surface area contributed by atoms with Crippen molar-refractivity contribution in [2.24, 2.45) is 12.5 Å². The Morgan fingerprint density at radius 1 is 1.04 bits per heavy atom. The molecule has 1 atom stereocenters. The van der Waals surface area contributed by atoms with Crippen LogP contribution in [0.5, 0.6) is 0 Å². The average Bonchev–Trinajstić information content (AvgIpc) is 3.53. The summed E-state index contributed by atoms with van der Waals surface area (Å²) in [5.41, 5.74) is 7.81. The van der Waals surface area contributed by atoms with Crippen LogP contribution in [-0.2, 0) is 37.7 Å². The third-order valence-electron chi connectivity index (χ3n) is 10.7. The van der Waals surface area contributed by atoms with Crippen molar-refractivity contribution in [1.82, 2.24) is 24.0 Å². The third-order valence-corrected chi connectivity index (χ3v) is 10.7. The molecule has 11 nitrogen and oxygen atoms in total. The van der Waals surface area contributed by atoms with E-state index in [1.807, 2.05) is 24.4 Å². The summed E-state index contributed by atoms with van der Waals surface area (Å²) in [5, 5.41) is 3.25. The van der Waals surface area contributed by atoms with E-state index in [1.54, 1.807) is 24.0 Å². The van der Waals surface area contributed by atoms with Crippen LogP contribution in [0, 0.1) is 5.41 Å². The summed E-state index contributed by atoms with van der Waals surface area (Å²) in [5.74, 6) is 1.26. The van der Waals surface area contributed by atoms with Crippen molar-refractivity contribution in [3.8, 4) is 11.1 Å². The molecule has 0 bridgehead atoms. The Hall–Kier alpha value is -4.48. The normalized spacial score (nSPS) is 20.7. The number of carbonyl (C=O) groups excluding carboxylic acids is 1. The summed E-state index contributed by atoms with van der Waals surface area (Å²) in [6.45, 7) is 13.9. The van der Waals surface area contributed by atoms with Gasteiger partial charge in [-0.3, -0.25) is 14.5 Å². The summed E-state index contributed by atoms with van der Waals surface area (Å²) in [7, 11) is 1.73. The van der Waals surface area contributed by atoms with Crippen LogP contribution in [0.2, 0.25) is 0 Å². The summed E-state index contributed by atoms with van der Waals surface area (Å²) in [6.07, 6.45) is 8.51. The molecule has 0 amide bonds. The largest absolute Gasteiger partial charge is 0.378 e. The lowest BCUT2D eigenvalue weighted by atomic mass is 9.90. The maximum Gasteiger partial charge on any atom is 0.274 e. The van der Waals surface area contributed by atoms with E-state index >= 15 is 0 Å². The molecule has 250 valence electrons. The zero-order chi connectivity index (χ0) is 33.2. The Kier molecular flexibility index (Phi) is 7.64. The predicted molar refractivity (Wildman–Crippen MR) is 187 cm³/mol. The van der Waals surface area contributed by atoms with Crippen molar-refractivity contribution in [3.63, 3.8) is 0 Å². The second-order valence-corrected chi connectivity index (χ2v) is 14.7. The zero-order valence-corrected chi connectivity index (χ0v) is 28.3. The van der Waals surface area contributed by atoms with E-state index in [-0.39, 0.29) is 5.56 Å². The smallest absolute Gasteiger partial charge is 0.274 e. The first-order valence-electron chi connectivity index (χ1n) is 17.1. The molecule has 11 heteroatoms. The number of hydrogen-bond donors (Lipinski definition) is 1. The summed E-state index contributed by atoms with van der Waals surface area (Å²) < 4.78 is 9.42. The number of nitrogens with one attached hydrogen (secondary N) is 1. The van der Waals surface area contributed by atoms with Gasteiger partial charge in [-0.2, -0.15) is 0 Å². The fourth-order valence-electron chi connectivity index (χ4n) is 8.12. The first-order chi connectivity index (χ1) is 23.2. The minimum atomic E-state index is -0.177. The molecule has 1 N–H and O–H groups in total. The van der Waals surface area contributed by atoms with Gasteiger partial charge < -0.3 is 29.0 Å². The maximum absolute atomic E-state index is 13.3. The molecular weight excluding hydrogens is 604 g/mol. The summed E-state index contributed by atoms with van der Waals surface area (Å²) >= 11 is 0. The predicted octanol–water partition coefficient (Wildman–Crippen LogP) is 4.25. The lowest BCUT2D eigenvalue weighted by molar-refractivity contribution is -0.0691. The van der Waals surface area contributed by atoms with E-state index in [4.69, 9.17) is 9.72 Å². The fraction of sp³-hybridized carbons (Fsp3) is 0.459. The lowest BCUT2D eigenvalue weighted by Gasteiger charge is -2.46. The van der Waals surface area contributed by atoms with Gasteiger partial charge in [0.25, 0.3) is 5.56 Å². The molecule has 0 radical (unpaired) electrons. The van der Waals surface area contributed by atoms with Gasteiger partial charge in [-0.1, -0.05) is 13.8 Å². The van der Waals surface area contributed by atoms with Crippen LogP contribution in [-0.4, -0.2) is 81.8 Å². The van der Waals surface area contributed by atoms with Crippen LogP contribution >= 0.6 is 0 Å². The Morgan fingerprint density at radius 3 is 2.62 bits per heavy atom. The van der Waals surface area contributed by atoms with Gasteiger partial charge in [-0.25, -0.2) is 9.97 Å². The first kappa shape index (κ1) is 30.8. The number of rotatable bonds is 7. The van der Waals surface area contributed by atoms with E-state index in [1.165, 1.54) is 17.0 Å². The minimum absolute atomic E-state index is 0.177. The number of hydrogen-bond acceptors (Lipinski definition) is 9. The highest BCUT2D eigenvalue weighted by Gasteiger charge is 2.35. The van der Waals surface area contributed by atoms with Gasteiger partial charge >= 0.3 is 0 Å². The molecule has 7 heterocycles. The minimum Gasteiger partial charge on any atom is -0.378 e. The molecule has 0 saturated carbocycles. The molecule has 1 aliphatic carbocycles. The molecule has 8 rings (SSSR count). The van der Waals surface area contributed by atoms with Gasteiger partial charge in [0.05, 0.1) is 43.2 Å². The summed E-state index contributed by atoms with van der Waals surface area (Å²) in [6, 6.07) is 10.9. The van der Waals surface area contributed by atoms with Crippen LogP contribution in [0.3, 0.4) is 0 Å². The summed E-state index contributed by atoms with van der Waals surface area (Å²) in [4.78, 5) is 42.5. The van der Waals surface area contributed by atoms with Crippen molar-refractivity contribution in [2.45, 2.75) is 58.8 Å². The number of aromatic nitrogens is 4. The first-order valence-corrected chi connectivity index (χ1v) is 17.1. The number of carbonyl (C=O) groups is 1. The monoisotopic (exact) mass is 648 g/mol. The van der Waals surface area contributed by atoms with Crippen molar-refractivity contribution in [1.29, 1.82) is 0 Å². The molecule has 4 aliphatic rings. The Labute approximate surface area is 281 Å². The van der Waals surface area contributed by atoms with Crippen LogP contribution < -0.4 is 20.7 Å². The number of nitrogens with zero attached hydrogens (tertiary/aromatic N) is 7. The topological polar surface area (TPSA) is 101 Å². The van der Waals surface area contributed by atoms with Gasteiger partial charge in [0, 0.05) is 75.2 Å². The molecule has 0 spiro atoms. The molecule has 0 aromatic carbocycles. The molecule has 3 aliphatic heterocycles. The number of ether oxygens (including phenoxy) is 1. The second kappa shape index (κ2) is 11.9. The zero-order valence-electron chi connectivity index (χ0n) is 28.3. The highest BCUT2D eigenvalue weighted by Crippen LogP contribution is 2.40. The van der Waals surface area contributed by atoms with Crippen LogP contribution in [0.15, 0.2) is 53.7 Å². The maximum atomic E-state index is 13.3. The Balaban J connectivity index is 1.02. The molecule has 48 heavy (non-hydrogen) atoms. The van der Waals surface area contributed by atoms with Gasteiger partial charge in [0.1, 0.15) is 17.3 Å². The van der Waals surface area contributed by atoms with E-state index in [9.17, 15) is 9.59 Å². The molecule has 4 aromatic heterocycles. The average molecular weight is 649 g/mol. The van der Waals surface area contributed by atoms with Crippen LogP contribution in [0.1, 0.15) is 48.1 Å².